The molecule has 160 valence electrons. The summed E-state index contributed by atoms with van der Waals surface area (Å²) in [6.45, 7) is 2.26. The highest BCUT2D eigenvalue weighted by Crippen LogP contribution is 2.22. The van der Waals surface area contributed by atoms with Crippen molar-refractivity contribution in [2.24, 2.45) is 4.99 Å². The Morgan fingerprint density at radius 2 is 1.90 bits per heavy atom. The number of nitrogens with zero attached hydrogens (tertiary/aromatic N) is 3. The fourth-order valence-electron chi connectivity index (χ4n) is 2.93. The molecule has 0 atom stereocenters. The molecule has 0 saturated heterocycles. The zero-order chi connectivity index (χ0) is 20.5. The number of methoxy groups -OCH3 is 1. The normalized spacial score (nSPS) is 11.0. The standard InChI is InChI=1S/C22H26ClN5O.HI/c1-24-22(26-10-9-19-7-8-20(29-2)13-21(19)23)27-14-17-3-5-18(6-4-17)15-28-12-11-25-16-28;/h3-8,11-13,16H,9-10,14-15H2,1-2H3,(H2,24,26,27);1H. The Labute approximate surface area is 199 Å². The van der Waals surface area contributed by atoms with E-state index in [0.29, 0.717) is 11.6 Å². The third-order valence-electron chi connectivity index (χ3n) is 4.58. The highest BCUT2D eigenvalue weighted by molar-refractivity contribution is 14.0. The van der Waals surface area contributed by atoms with Crippen LogP contribution in [-0.2, 0) is 19.5 Å². The summed E-state index contributed by atoms with van der Waals surface area (Å²) in [6, 6.07) is 14.3. The summed E-state index contributed by atoms with van der Waals surface area (Å²) >= 11 is 6.30. The molecule has 1 aromatic heterocycles. The van der Waals surface area contributed by atoms with Crippen LogP contribution in [0.15, 0.2) is 66.2 Å². The average molecular weight is 540 g/mol. The van der Waals surface area contributed by atoms with E-state index in [0.717, 1.165) is 36.8 Å². The van der Waals surface area contributed by atoms with E-state index in [1.807, 2.05) is 35.3 Å². The van der Waals surface area contributed by atoms with Crippen LogP contribution in [0.1, 0.15) is 16.7 Å². The van der Waals surface area contributed by atoms with Gasteiger partial charge < -0.3 is 19.9 Å². The van der Waals surface area contributed by atoms with E-state index in [1.165, 1.54) is 11.1 Å². The average Bonchev–Trinajstić information content (AvgIpc) is 3.25. The van der Waals surface area contributed by atoms with Gasteiger partial charge in [-0.15, -0.1) is 24.0 Å². The lowest BCUT2D eigenvalue weighted by Crippen LogP contribution is -2.37. The third-order valence-corrected chi connectivity index (χ3v) is 4.93. The second-order valence-electron chi connectivity index (χ2n) is 6.61. The molecule has 3 aromatic rings. The van der Waals surface area contributed by atoms with E-state index in [4.69, 9.17) is 16.3 Å². The van der Waals surface area contributed by atoms with Crippen molar-refractivity contribution >= 4 is 41.5 Å². The zero-order valence-electron chi connectivity index (χ0n) is 17.1. The lowest BCUT2D eigenvalue weighted by atomic mass is 10.1. The van der Waals surface area contributed by atoms with Gasteiger partial charge in [0.05, 0.1) is 13.4 Å². The lowest BCUT2D eigenvalue weighted by Gasteiger charge is -2.13. The summed E-state index contributed by atoms with van der Waals surface area (Å²) in [5.74, 6) is 1.53. The van der Waals surface area contributed by atoms with Gasteiger partial charge in [0, 0.05) is 44.1 Å². The number of rotatable bonds is 8. The molecular weight excluding hydrogens is 513 g/mol. The van der Waals surface area contributed by atoms with Crippen LogP contribution in [0.4, 0.5) is 0 Å². The molecule has 0 radical (unpaired) electrons. The first-order valence-electron chi connectivity index (χ1n) is 9.48. The molecule has 2 N–H and O–H groups in total. The molecule has 0 spiro atoms. The van der Waals surface area contributed by atoms with Gasteiger partial charge in [0.15, 0.2) is 5.96 Å². The number of aromatic nitrogens is 2. The van der Waals surface area contributed by atoms with E-state index in [9.17, 15) is 0 Å². The van der Waals surface area contributed by atoms with Crippen LogP contribution in [0.3, 0.4) is 0 Å². The van der Waals surface area contributed by atoms with Gasteiger partial charge in [-0.25, -0.2) is 4.98 Å². The predicted molar refractivity (Wildman–Crippen MR) is 133 cm³/mol. The fraction of sp³-hybridized carbons (Fsp3) is 0.273. The van der Waals surface area contributed by atoms with Gasteiger partial charge in [0.25, 0.3) is 0 Å². The van der Waals surface area contributed by atoms with Gasteiger partial charge in [-0.3, -0.25) is 4.99 Å². The maximum atomic E-state index is 6.30. The zero-order valence-corrected chi connectivity index (χ0v) is 20.2. The van der Waals surface area contributed by atoms with Crippen molar-refractivity contribution in [1.29, 1.82) is 0 Å². The Kier molecular flexibility index (Phi) is 9.96. The minimum absolute atomic E-state index is 0. The van der Waals surface area contributed by atoms with Crippen LogP contribution >= 0.6 is 35.6 Å². The number of hydrogen-bond donors (Lipinski definition) is 2. The highest BCUT2D eigenvalue weighted by atomic mass is 127. The van der Waals surface area contributed by atoms with Crippen LogP contribution in [-0.4, -0.2) is 36.2 Å². The first kappa shape index (κ1) is 24.0. The predicted octanol–water partition coefficient (Wildman–Crippen LogP) is 4.12. The first-order chi connectivity index (χ1) is 14.2. The quantitative estimate of drug-likeness (QED) is 0.257. The minimum Gasteiger partial charge on any atom is -0.497 e. The van der Waals surface area contributed by atoms with Crippen LogP contribution in [0.5, 0.6) is 5.75 Å². The van der Waals surface area contributed by atoms with Gasteiger partial charge >= 0.3 is 0 Å². The Bertz CT molecular complexity index is 929. The number of ether oxygens (including phenoxy) is 1. The van der Waals surface area contributed by atoms with Gasteiger partial charge in [-0.2, -0.15) is 0 Å². The molecule has 0 aliphatic carbocycles. The van der Waals surface area contributed by atoms with E-state index < -0.39 is 0 Å². The Balaban J connectivity index is 0.00000320. The lowest BCUT2D eigenvalue weighted by molar-refractivity contribution is 0.414. The molecule has 30 heavy (non-hydrogen) atoms. The minimum atomic E-state index is 0. The molecule has 0 fully saturated rings. The molecule has 0 aliphatic rings. The molecule has 0 bridgehead atoms. The maximum absolute atomic E-state index is 6.30. The molecule has 3 rings (SSSR count). The maximum Gasteiger partial charge on any atom is 0.191 e. The molecule has 0 saturated carbocycles. The van der Waals surface area contributed by atoms with Crippen molar-refractivity contribution in [1.82, 2.24) is 20.2 Å². The summed E-state index contributed by atoms with van der Waals surface area (Å²) in [4.78, 5) is 8.35. The Hall–Kier alpha value is -2.26. The summed E-state index contributed by atoms with van der Waals surface area (Å²) in [5.41, 5.74) is 3.51. The number of nitrogens with one attached hydrogen (secondary N) is 2. The molecule has 0 unspecified atom stereocenters. The van der Waals surface area contributed by atoms with Crippen LogP contribution < -0.4 is 15.4 Å². The van der Waals surface area contributed by atoms with Gasteiger partial charge in [0.1, 0.15) is 5.75 Å². The van der Waals surface area contributed by atoms with Crippen molar-refractivity contribution < 1.29 is 4.74 Å². The van der Waals surface area contributed by atoms with Crippen molar-refractivity contribution in [3.05, 3.63) is 82.9 Å². The summed E-state index contributed by atoms with van der Waals surface area (Å²) in [5, 5.41) is 7.38. The largest absolute Gasteiger partial charge is 0.497 e. The molecule has 8 heteroatoms. The Morgan fingerprint density at radius 1 is 1.13 bits per heavy atom. The number of hydrogen-bond acceptors (Lipinski definition) is 3. The monoisotopic (exact) mass is 539 g/mol. The summed E-state index contributed by atoms with van der Waals surface area (Å²) < 4.78 is 7.23. The van der Waals surface area contributed by atoms with Crippen molar-refractivity contribution in [2.45, 2.75) is 19.5 Å². The summed E-state index contributed by atoms with van der Waals surface area (Å²) in [7, 11) is 3.40. The van der Waals surface area contributed by atoms with E-state index in [2.05, 4.69) is 44.9 Å². The van der Waals surface area contributed by atoms with Crippen LogP contribution in [0.2, 0.25) is 5.02 Å². The second-order valence-corrected chi connectivity index (χ2v) is 7.02. The third kappa shape index (κ3) is 7.21. The van der Waals surface area contributed by atoms with Crippen molar-refractivity contribution in [2.75, 3.05) is 20.7 Å². The van der Waals surface area contributed by atoms with Gasteiger partial charge in [0.2, 0.25) is 0 Å². The molecule has 1 heterocycles. The molecule has 0 aliphatic heterocycles. The summed E-state index contributed by atoms with van der Waals surface area (Å²) in [6.07, 6.45) is 6.38. The number of imidazole rings is 1. The van der Waals surface area contributed by atoms with Gasteiger partial charge in [-0.05, 0) is 35.2 Å². The number of halogens is 2. The topological polar surface area (TPSA) is 63.5 Å². The first-order valence-corrected chi connectivity index (χ1v) is 9.86. The van der Waals surface area contributed by atoms with Crippen LogP contribution in [0, 0.1) is 0 Å². The van der Waals surface area contributed by atoms with E-state index >= 15 is 0 Å². The van der Waals surface area contributed by atoms with E-state index in [1.54, 1.807) is 20.4 Å². The Morgan fingerprint density at radius 3 is 2.53 bits per heavy atom. The number of guanidine groups is 1. The van der Waals surface area contributed by atoms with Crippen LogP contribution in [0.25, 0.3) is 0 Å². The molecule has 2 aromatic carbocycles. The molecular formula is C22H27ClIN5O. The van der Waals surface area contributed by atoms with Gasteiger partial charge in [-0.1, -0.05) is 41.9 Å². The number of benzene rings is 2. The molecule has 0 amide bonds. The second kappa shape index (κ2) is 12.4. The highest BCUT2D eigenvalue weighted by Gasteiger charge is 2.04. The van der Waals surface area contributed by atoms with E-state index in [-0.39, 0.29) is 24.0 Å². The van der Waals surface area contributed by atoms with Crippen molar-refractivity contribution in [3.63, 3.8) is 0 Å². The SMILES string of the molecule is CN=C(NCCc1ccc(OC)cc1Cl)NCc1ccc(Cn2ccnc2)cc1.I. The smallest absolute Gasteiger partial charge is 0.191 e. The van der Waals surface area contributed by atoms with Crippen molar-refractivity contribution in [3.8, 4) is 5.75 Å². The number of aliphatic imine (C=N–C) groups is 1. The molecule has 6 nitrogen and oxygen atoms in total. The fourth-order valence-corrected chi connectivity index (χ4v) is 3.20.